The number of nitrogens with zero attached hydrogens (tertiary/aromatic N) is 3. The maximum atomic E-state index is 4.47. The molecular formula is C29H35N3. The van der Waals surface area contributed by atoms with Crippen molar-refractivity contribution >= 4 is 5.69 Å². The Bertz CT molecular complexity index is 1030. The molecule has 3 heteroatoms. The van der Waals surface area contributed by atoms with Crippen molar-refractivity contribution in [3.8, 4) is 0 Å². The second-order valence-electron chi connectivity index (χ2n) is 9.70. The monoisotopic (exact) mass is 425 g/mol. The lowest BCUT2D eigenvalue weighted by Crippen LogP contribution is -2.45. The van der Waals surface area contributed by atoms with Crippen LogP contribution in [0.2, 0.25) is 0 Å². The lowest BCUT2D eigenvalue weighted by atomic mass is 10.0. The summed E-state index contributed by atoms with van der Waals surface area (Å²) >= 11 is 0. The summed E-state index contributed by atoms with van der Waals surface area (Å²) < 4.78 is 0. The first-order valence-corrected chi connectivity index (χ1v) is 12.2. The molecule has 2 aliphatic heterocycles. The molecule has 0 aliphatic carbocycles. The van der Waals surface area contributed by atoms with E-state index in [0.717, 1.165) is 18.5 Å². The minimum Gasteiger partial charge on any atom is -0.368 e. The fraction of sp³-hybridized carbons (Fsp3) is 0.414. The lowest BCUT2D eigenvalue weighted by molar-refractivity contribution is 0.212. The van der Waals surface area contributed by atoms with E-state index >= 15 is 0 Å². The molecule has 2 aromatic carbocycles. The number of fused-ring (bicyclic) bond motifs is 1. The Kier molecular flexibility index (Phi) is 6.27. The van der Waals surface area contributed by atoms with Crippen LogP contribution in [0.1, 0.15) is 46.4 Å². The summed E-state index contributed by atoms with van der Waals surface area (Å²) in [5.41, 5.74) is 9.60. The number of likely N-dealkylation sites (tertiary alicyclic amines) is 1. The van der Waals surface area contributed by atoms with Gasteiger partial charge in [-0.3, -0.25) is 4.98 Å². The van der Waals surface area contributed by atoms with Gasteiger partial charge in [0.2, 0.25) is 0 Å². The van der Waals surface area contributed by atoms with Crippen LogP contribution >= 0.6 is 0 Å². The summed E-state index contributed by atoms with van der Waals surface area (Å²) in [6, 6.07) is 21.2. The fourth-order valence-electron chi connectivity index (χ4n) is 5.27. The maximum absolute atomic E-state index is 4.47. The Morgan fingerprint density at radius 1 is 0.844 bits per heavy atom. The molecule has 3 aromatic rings. The highest BCUT2D eigenvalue weighted by Gasteiger charge is 2.29. The zero-order valence-corrected chi connectivity index (χ0v) is 19.6. The van der Waals surface area contributed by atoms with E-state index in [0.29, 0.717) is 6.04 Å². The van der Waals surface area contributed by atoms with E-state index in [1.165, 1.54) is 78.9 Å². The Labute approximate surface area is 193 Å². The Balaban J connectivity index is 1.18. The Hall–Kier alpha value is -2.65. The van der Waals surface area contributed by atoms with Crippen LogP contribution in [0.25, 0.3) is 0 Å². The average molecular weight is 426 g/mol. The molecule has 0 atom stereocenters. The molecule has 1 aromatic heterocycles. The number of pyridine rings is 1. The van der Waals surface area contributed by atoms with Crippen LogP contribution in [-0.4, -0.2) is 42.1 Å². The van der Waals surface area contributed by atoms with E-state index in [9.17, 15) is 0 Å². The van der Waals surface area contributed by atoms with Gasteiger partial charge in [-0.1, -0.05) is 48.0 Å². The highest BCUT2D eigenvalue weighted by atomic mass is 15.2. The highest BCUT2D eigenvalue weighted by Crippen LogP contribution is 2.34. The predicted molar refractivity (Wildman–Crippen MR) is 134 cm³/mol. The molecule has 3 heterocycles. The molecule has 2 aliphatic rings. The van der Waals surface area contributed by atoms with Crippen molar-refractivity contribution in [1.82, 2.24) is 9.88 Å². The van der Waals surface area contributed by atoms with Gasteiger partial charge in [-0.25, -0.2) is 0 Å². The predicted octanol–water partition coefficient (Wildman–Crippen LogP) is 5.36. The van der Waals surface area contributed by atoms with E-state index in [1.54, 1.807) is 0 Å². The summed E-state index contributed by atoms with van der Waals surface area (Å²) in [5.74, 6) is 0. The molecule has 0 radical (unpaired) electrons. The number of hydrogen-bond acceptors (Lipinski definition) is 3. The van der Waals surface area contributed by atoms with Crippen LogP contribution in [0.15, 0.2) is 60.8 Å². The topological polar surface area (TPSA) is 19.4 Å². The van der Waals surface area contributed by atoms with Gasteiger partial charge in [0.15, 0.2) is 0 Å². The second kappa shape index (κ2) is 9.46. The third-order valence-electron chi connectivity index (χ3n) is 7.30. The molecule has 5 rings (SSSR count). The van der Waals surface area contributed by atoms with Gasteiger partial charge in [0, 0.05) is 49.8 Å². The van der Waals surface area contributed by atoms with Crippen LogP contribution in [0.5, 0.6) is 0 Å². The lowest BCUT2D eigenvalue weighted by Gasteiger charge is -2.38. The SMILES string of the molecule is Cc1ccc(CCN2CCC(N3CCc4ccc(Cc5ccc(C)nc5)cc43)CC2)cc1. The second-order valence-corrected chi connectivity index (χ2v) is 9.70. The van der Waals surface area contributed by atoms with Crippen LogP contribution in [0.4, 0.5) is 5.69 Å². The molecule has 32 heavy (non-hydrogen) atoms. The summed E-state index contributed by atoms with van der Waals surface area (Å²) in [5, 5.41) is 0. The van der Waals surface area contributed by atoms with Crippen LogP contribution in [-0.2, 0) is 19.3 Å². The largest absolute Gasteiger partial charge is 0.368 e. The fourth-order valence-corrected chi connectivity index (χ4v) is 5.27. The van der Waals surface area contributed by atoms with Gasteiger partial charge in [-0.05, 0) is 80.3 Å². The minimum atomic E-state index is 0.683. The molecule has 0 N–H and O–H groups in total. The van der Waals surface area contributed by atoms with Gasteiger partial charge in [0.1, 0.15) is 0 Å². The van der Waals surface area contributed by atoms with Crippen molar-refractivity contribution in [2.24, 2.45) is 0 Å². The number of aryl methyl sites for hydroxylation is 2. The van der Waals surface area contributed by atoms with Crippen molar-refractivity contribution in [2.75, 3.05) is 31.1 Å². The molecule has 0 saturated carbocycles. The van der Waals surface area contributed by atoms with E-state index in [4.69, 9.17) is 0 Å². The van der Waals surface area contributed by atoms with E-state index in [-0.39, 0.29) is 0 Å². The maximum Gasteiger partial charge on any atom is 0.0404 e. The first-order chi connectivity index (χ1) is 15.6. The average Bonchev–Trinajstić information content (AvgIpc) is 3.24. The Morgan fingerprint density at radius 2 is 1.59 bits per heavy atom. The molecule has 3 nitrogen and oxygen atoms in total. The Morgan fingerprint density at radius 3 is 2.34 bits per heavy atom. The number of benzene rings is 2. The first-order valence-electron chi connectivity index (χ1n) is 12.2. The quantitative estimate of drug-likeness (QED) is 0.530. The van der Waals surface area contributed by atoms with Crippen LogP contribution in [0, 0.1) is 13.8 Å². The minimum absolute atomic E-state index is 0.683. The van der Waals surface area contributed by atoms with Gasteiger partial charge >= 0.3 is 0 Å². The number of hydrogen-bond donors (Lipinski definition) is 0. The smallest absolute Gasteiger partial charge is 0.0404 e. The van der Waals surface area contributed by atoms with Gasteiger partial charge in [-0.2, -0.15) is 0 Å². The number of rotatable bonds is 6. The van der Waals surface area contributed by atoms with Gasteiger partial charge in [-0.15, -0.1) is 0 Å². The number of aromatic nitrogens is 1. The van der Waals surface area contributed by atoms with Crippen LogP contribution < -0.4 is 4.90 Å². The summed E-state index contributed by atoms with van der Waals surface area (Å²) in [7, 11) is 0. The van der Waals surface area contributed by atoms with E-state index in [1.807, 2.05) is 13.1 Å². The standard InChI is InChI=1S/C29H35N3/c1-22-3-6-24(7-4-22)11-15-31-16-13-28(14-17-31)32-18-12-27-10-9-25(20-29(27)32)19-26-8-5-23(2)30-21-26/h3-10,20-21,28H,11-19H2,1-2H3. The van der Waals surface area contributed by atoms with Gasteiger partial charge < -0.3 is 9.80 Å². The van der Waals surface area contributed by atoms with Crippen molar-refractivity contribution in [3.63, 3.8) is 0 Å². The first kappa shape index (κ1) is 21.2. The zero-order chi connectivity index (χ0) is 21.9. The van der Waals surface area contributed by atoms with Crippen molar-refractivity contribution < 1.29 is 0 Å². The normalized spacial score (nSPS) is 17.0. The third kappa shape index (κ3) is 4.88. The molecule has 1 fully saturated rings. The van der Waals surface area contributed by atoms with Crippen molar-refractivity contribution in [1.29, 1.82) is 0 Å². The molecule has 1 saturated heterocycles. The number of anilines is 1. The van der Waals surface area contributed by atoms with E-state index < -0.39 is 0 Å². The van der Waals surface area contributed by atoms with Crippen molar-refractivity contribution in [3.05, 3.63) is 94.3 Å². The van der Waals surface area contributed by atoms with Crippen molar-refractivity contribution in [2.45, 2.75) is 52.0 Å². The summed E-state index contributed by atoms with van der Waals surface area (Å²) in [4.78, 5) is 9.84. The van der Waals surface area contributed by atoms with Gasteiger partial charge in [0.25, 0.3) is 0 Å². The molecule has 0 bridgehead atoms. The molecular weight excluding hydrogens is 390 g/mol. The van der Waals surface area contributed by atoms with Crippen LogP contribution in [0.3, 0.4) is 0 Å². The van der Waals surface area contributed by atoms with Gasteiger partial charge in [0.05, 0.1) is 0 Å². The summed E-state index contributed by atoms with van der Waals surface area (Å²) in [6.07, 6.45) is 7.89. The zero-order valence-electron chi connectivity index (χ0n) is 19.6. The molecule has 0 unspecified atom stereocenters. The number of piperidine rings is 1. The van der Waals surface area contributed by atoms with E-state index in [2.05, 4.69) is 76.3 Å². The summed E-state index contributed by atoms with van der Waals surface area (Å²) in [6.45, 7) is 9.01. The molecule has 0 spiro atoms. The third-order valence-corrected chi connectivity index (χ3v) is 7.30. The molecule has 166 valence electrons. The highest BCUT2D eigenvalue weighted by molar-refractivity contribution is 5.60. The molecule has 0 amide bonds.